The quantitative estimate of drug-likeness (QED) is 0.126. The van der Waals surface area contributed by atoms with Crippen LogP contribution >= 0.6 is 37.0 Å². The minimum atomic E-state index is -1.35. The summed E-state index contributed by atoms with van der Waals surface area (Å²) >= 11 is 9.17. The van der Waals surface area contributed by atoms with E-state index in [4.69, 9.17) is 16.6 Å². The van der Waals surface area contributed by atoms with Gasteiger partial charge in [0.1, 0.15) is 18.1 Å². The fraction of sp³-hybridized carbons (Fsp3) is 0.667. The molecule has 0 fully saturated rings. The zero-order chi connectivity index (χ0) is 22.6. The van der Waals surface area contributed by atoms with Gasteiger partial charge in [-0.25, -0.2) is 4.79 Å². The molecule has 0 spiro atoms. The number of hydrogen-bond acceptors (Lipinski definition) is 9. The van der Waals surface area contributed by atoms with Crippen LogP contribution in [-0.2, 0) is 24.0 Å². The van der Waals surface area contributed by atoms with Gasteiger partial charge in [-0.05, 0) is 18.4 Å². The molecule has 0 bridgehead atoms. The second-order valence-electron chi connectivity index (χ2n) is 5.95. The summed E-state index contributed by atoms with van der Waals surface area (Å²) in [5, 5.41) is 16.1. The third kappa shape index (κ3) is 10.6. The molecule has 0 aliphatic heterocycles. The van der Waals surface area contributed by atoms with Gasteiger partial charge in [0.15, 0.2) is 0 Å². The predicted octanol–water partition coefficient (Wildman–Crippen LogP) is -2.66. The van der Waals surface area contributed by atoms with E-state index in [1.807, 2.05) is 0 Å². The van der Waals surface area contributed by atoms with Gasteiger partial charge in [-0.3, -0.25) is 19.2 Å². The summed E-state index contributed by atoms with van der Waals surface area (Å²) in [6.45, 7) is 0. The molecule has 0 aromatic carbocycles. The molecule has 0 saturated carbocycles. The van der Waals surface area contributed by atoms with Gasteiger partial charge in [-0.15, -0.1) is 0 Å². The first-order valence-electron chi connectivity index (χ1n) is 8.45. The van der Waals surface area contributed by atoms with Gasteiger partial charge in [0.25, 0.3) is 0 Å². The van der Waals surface area contributed by atoms with Gasteiger partial charge in [-0.1, -0.05) is 0 Å². The zero-order valence-electron chi connectivity index (χ0n) is 15.8. The molecule has 0 heterocycles. The number of carboxylic acid groups (broad SMARTS) is 1. The smallest absolute Gasteiger partial charge is 0.327 e. The number of nitrogens with one attached hydrogen (secondary N) is 3. The molecule has 8 N–H and O–H groups in total. The van der Waals surface area contributed by atoms with E-state index in [1.165, 1.54) is 11.8 Å². The second-order valence-corrected chi connectivity index (χ2v) is 7.66. The molecule has 14 heteroatoms. The van der Waals surface area contributed by atoms with Crippen molar-refractivity contribution in [3.8, 4) is 0 Å². The third-order valence-corrected chi connectivity index (χ3v) is 5.02. The SMILES string of the molecule is CSCCC(NC(=O)C(CC(N)=O)NC(=O)C(N)CS)C(=O)NC(CS)C(=O)O. The van der Waals surface area contributed by atoms with E-state index in [9.17, 15) is 24.0 Å². The van der Waals surface area contributed by atoms with Crippen molar-refractivity contribution >= 4 is 66.6 Å². The molecule has 0 saturated heterocycles. The van der Waals surface area contributed by atoms with Gasteiger partial charge in [0.2, 0.25) is 23.6 Å². The van der Waals surface area contributed by atoms with Gasteiger partial charge >= 0.3 is 5.97 Å². The first-order valence-corrected chi connectivity index (χ1v) is 11.1. The van der Waals surface area contributed by atoms with Gasteiger partial charge in [0, 0.05) is 11.5 Å². The molecular formula is C15H27N5O6S3. The molecule has 29 heavy (non-hydrogen) atoms. The molecule has 4 amide bonds. The van der Waals surface area contributed by atoms with Crippen molar-refractivity contribution in [3.05, 3.63) is 0 Å². The van der Waals surface area contributed by atoms with Crippen LogP contribution in [0.2, 0.25) is 0 Å². The van der Waals surface area contributed by atoms with Crippen molar-refractivity contribution in [1.82, 2.24) is 16.0 Å². The number of nitrogens with two attached hydrogens (primary N) is 2. The number of hydrogen-bond donors (Lipinski definition) is 8. The highest BCUT2D eigenvalue weighted by atomic mass is 32.2. The van der Waals surface area contributed by atoms with Crippen LogP contribution in [0.25, 0.3) is 0 Å². The number of carboxylic acids is 1. The Hall–Kier alpha value is -1.64. The summed E-state index contributed by atoms with van der Waals surface area (Å²) in [5.41, 5.74) is 10.7. The maximum atomic E-state index is 12.6. The molecule has 166 valence electrons. The van der Waals surface area contributed by atoms with E-state index in [0.717, 1.165) is 0 Å². The fourth-order valence-electron chi connectivity index (χ4n) is 2.01. The number of amides is 4. The topological polar surface area (TPSA) is 194 Å². The Morgan fingerprint density at radius 3 is 1.90 bits per heavy atom. The van der Waals surface area contributed by atoms with Crippen molar-refractivity contribution in [1.29, 1.82) is 0 Å². The van der Waals surface area contributed by atoms with Crippen LogP contribution < -0.4 is 27.4 Å². The number of carbonyl (C=O) groups is 5. The summed E-state index contributed by atoms with van der Waals surface area (Å²) in [6, 6.07) is -4.70. The van der Waals surface area contributed by atoms with Gasteiger partial charge in [0.05, 0.1) is 12.5 Å². The Labute approximate surface area is 183 Å². The Balaban J connectivity index is 5.34. The van der Waals surface area contributed by atoms with E-state index in [-0.39, 0.29) is 17.9 Å². The number of primary amides is 1. The van der Waals surface area contributed by atoms with Gasteiger partial charge < -0.3 is 32.5 Å². The molecule has 0 rings (SSSR count). The van der Waals surface area contributed by atoms with Crippen LogP contribution in [0.1, 0.15) is 12.8 Å². The Morgan fingerprint density at radius 2 is 1.45 bits per heavy atom. The Kier molecular flexibility index (Phi) is 13.5. The lowest BCUT2D eigenvalue weighted by Crippen LogP contribution is -2.58. The normalized spacial score (nSPS) is 14.8. The number of rotatable bonds is 14. The number of thiol groups is 2. The first kappa shape index (κ1) is 27.4. The molecule has 4 unspecified atom stereocenters. The molecule has 11 nitrogen and oxygen atoms in total. The van der Waals surface area contributed by atoms with Crippen LogP contribution in [0.5, 0.6) is 0 Å². The van der Waals surface area contributed by atoms with Gasteiger partial charge in [-0.2, -0.15) is 37.0 Å². The van der Waals surface area contributed by atoms with Crippen molar-refractivity contribution in [2.75, 3.05) is 23.5 Å². The monoisotopic (exact) mass is 469 g/mol. The Morgan fingerprint density at radius 1 is 0.931 bits per heavy atom. The van der Waals surface area contributed by atoms with E-state index in [0.29, 0.717) is 5.75 Å². The highest BCUT2D eigenvalue weighted by Gasteiger charge is 2.30. The Bertz CT molecular complexity index is 609. The standard InChI is InChI=1S/C15H27N5O6S3/c1-29-3-2-8(13(23)20-10(6-28)15(25)26)18-14(24)9(4-11(17)21)19-12(22)7(16)5-27/h7-10,27-28H,2-6,16H2,1H3,(H2,17,21)(H,18,24)(H,19,22)(H,20,23)(H,25,26). The lowest BCUT2D eigenvalue weighted by Gasteiger charge is -2.24. The highest BCUT2D eigenvalue weighted by Crippen LogP contribution is 2.04. The van der Waals surface area contributed by atoms with Crippen LogP contribution in [0.15, 0.2) is 0 Å². The third-order valence-electron chi connectivity index (χ3n) is 3.61. The maximum absolute atomic E-state index is 12.6. The van der Waals surface area contributed by atoms with Crippen LogP contribution in [0.3, 0.4) is 0 Å². The largest absolute Gasteiger partial charge is 0.480 e. The van der Waals surface area contributed by atoms with E-state index < -0.39 is 60.2 Å². The van der Waals surface area contributed by atoms with E-state index >= 15 is 0 Å². The number of aliphatic carboxylic acids is 1. The van der Waals surface area contributed by atoms with E-state index in [1.54, 1.807) is 6.26 Å². The van der Waals surface area contributed by atoms with Crippen molar-refractivity contribution in [2.24, 2.45) is 11.5 Å². The lowest BCUT2D eigenvalue weighted by atomic mass is 10.1. The molecular weight excluding hydrogens is 442 g/mol. The molecule has 0 aliphatic rings. The number of carbonyl (C=O) groups excluding carboxylic acids is 4. The zero-order valence-corrected chi connectivity index (χ0v) is 18.4. The summed E-state index contributed by atoms with van der Waals surface area (Å²) < 4.78 is 0. The summed E-state index contributed by atoms with van der Waals surface area (Å²) in [6.07, 6.45) is 1.46. The average molecular weight is 470 g/mol. The van der Waals surface area contributed by atoms with E-state index in [2.05, 4.69) is 41.2 Å². The average Bonchev–Trinajstić information content (AvgIpc) is 2.66. The maximum Gasteiger partial charge on any atom is 0.327 e. The first-order chi connectivity index (χ1) is 13.6. The molecule has 4 atom stereocenters. The summed E-state index contributed by atoms with van der Waals surface area (Å²) in [7, 11) is 0. The lowest BCUT2D eigenvalue weighted by molar-refractivity contribution is -0.141. The fourth-order valence-corrected chi connectivity index (χ4v) is 2.89. The second kappa shape index (κ2) is 14.4. The molecule has 0 aromatic heterocycles. The molecule has 0 aliphatic carbocycles. The van der Waals surface area contributed by atoms with Crippen LogP contribution in [-0.4, -0.2) is 82.4 Å². The molecule has 0 aromatic rings. The van der Waals surface area contributed by atoms with Crippen molar-refractivity contribution < 1.29 is 29.1 Å². The van der Waals surface area contributed by atoms with Crippen LogP contribution in [0.4, 0.5) is 0 Å². The number of thioether (sulfide) groups is 1. The minimum Gasteiger partial charge on any atom is -0.480 e. The predicted molar refractivity (Wildman–Crippen MR) is 116 cm³/mol. The highest BCUT2D eigenvalue weighted by molar-refractivity contribution is 7.98. The van der Waals surface area contributed by atoms with Crippen molar-refractivity contribution in [2.45, 2.75) is 37.0 Å². The summed E-state index contributed by atoms with van der Waals surface area (Å²) in [5.74, 6) is -4.06. The van der Waals surface area contributed by atoms with Crippen LogP contribution in [0, 0.1) is 0 Å². The minimum absolute atomic E-state index is 0.00972. The van der Waals surface area contributed by atoms with Crippen molar-refractivity contribution in [3.63, 3.8) is 0 Å². The summed E-state index contributed by atoms with van der Waals surface area (Å²) in [4.78, 5) is 59.3. The molecule has 0 radical (unpaired) electrons.